The van der Waals surface area contributed by atoms with Crippen molar-refractivity contribution in [3.05, 3.63) is 42.3 Å². The lowest BCUT2D eigenvalue weighted by Crippen LogP contribution is -2.50. The second kappa shape index (κ2) is 12.4. The number of benzene rings is 1. The third-order valence-corrected chi connectivity index (χ3v) is 7.04. The SMILES string of the molecule is CCCS(=O)(=O)N1CCC(NC(=NCc2coc(-c3ccccc3)n2)NCC)CC1.I. The van der Waals surface area contributed by atoms with Gasteiger partial charge in [-0.05, 0) is 38.3 Å². The van der Waals surface area contributed by atoms with Gasteiger partial charge in [0.25, 0.3) is 0 Å². The van der Waals surface area contributed by atoms with E-state index in [0.717, 1.165) is 30.6 Å². The van der Waals surface area contributed by atoms with E-state index in [1.165, 1.54) is 0 Å². The van der Waals surface area contributed by atoms with Gasteiger partial charge in [0, 0.05) is 31.2 Å². The minimum Gasteiger partial charge on any atom is -0.444 e. The van der Waals surface area contributed by atoms with Crippen molar-refractivity contribution in [2.75, 3.05) is 25.4 Å². The molecule has 1 aliphatic heterocycles. The van der Waals surface area contributed by atoms with Crippen LogP contribution in [0.3, 0.4) is 0 Å². The summed E-state index contributed by atoms with van der Waals surface area (Å²) in [5.41, 5.74) is 1.69. The predicted molar refractivity (Wildman–Crippen MR) is 134 cm³/mol. The monoisotopic (exact) mass is 561 g/mol. The molecule has 2 heterocycles. The fourth-order valence-corrected chi connectivity index (χ4v) is 4.97. The van der Waals surface area contributed by atoms with E-state index >= 15 is 0 Å². The highest BCUT2D eigenvalue weighted by Gasteiger charge is 2.27. The quantitative estimate of drug-likeness (QED) is 0.292. The van der Waals surface area contributed by atoms with E-state index in [9.17, 15) is 8.42 Å². The standard InChI is InChI=1S/C21H31N5O3S.HI/c1-3-14-30(27,28)26-12-10-18(11-13-26)25-21(22-4-2)23-15-19-16-29-20(24-19)17-8-6-5-7-9-17;/h5-9,16,18H,3-4,10-15H2,1-2H3,(H2,22,23,25);1H. The average molecular weight is 561 g/mol. The molecule has 10 heteroatoms. The molecule has 1 aromatic carbocycles. The normalized spacial score (nSPS) is 16.0. The van der Waals surface area contributed by atoms with Gasteiger partial charge in [0.2, 0.25) is 15.9 Å². The lowest BCUT2D eigenvalue weighted by atomic mass is 10.1. The highest BCUT2D eigenvalue weighted by atomic mass is 127. The number of nitrogens with one attached hydrogen (secondary N) is 2. The van der Waals surface area contributed by atoms with Crippen molar-refractivity contribution in [2.24, 2.45) is 4.99 Å². The Hall–Kier alpha value is -1.66. The minimum atomic E-state index is -3.12. The molecule has 2 aromatic rings. The lowest BCUT2D eigenvalue weighted by molar-refractivity contribution is 0.306. The van der Waals surface area contributed by atoms with Gasteiger partial charge in [0.1, 0.15) is 12.0 Å². The van der Waals surface area contributed by atoms with E-state index in [2.05, 4.69) is 20.6 Å². The van der Waals surface area contributed by atoms with Crippen LogP contribution >= 0.6 is 24.0 Å². The molecular weight excluding hydrogens is 529 g/mol. The van der Waals surface area contributed by atoms with E-state index in [1.54, 1.807) is 10.6 Å². The van der Waals surface area contributed by atoms with Gasteiger partial charge in [-0.15, -0.1) is 24.0 Å². The van der Waals surface area contributed by atoms with Crippen molar-refractivity contribution in [1.82, 2.24) is 19.9 Å². The number of nitrogens with zero attached hydrogens (tertiary/aromatic N) is 3. The van der Waals surface area contributed by atoms with Crippen LogP contribution in [0.1, 0.15) is 38.8 Å². The second-order valence-electron chi connectivity index (χ2n) is 7.34. The molecule has 1 fully saturated rings. The molecule has 1 saturated heterocycles. The van der Waals surface area contributed by atoms with Gasteiger partial charge in [-0.2, -0.15) is 0 Å². The van der Waals surface area contributed by atoms with Crippen molar-refractivity contribution < 1.29 is 12.8 Å². The number of rotatable bonds is 8. The van der Waals surface area contributed by atoms with E-state index in [-0.39, 0.29) is 35.8 Å². The summed E-state index contributed by atoms with van der Waals surface area (Å²) in [7, 11) is -3.12. The van der Waals surface area contributed by atoms with Gasteiger partial charge in [0.05, 0.1) is 12.3 Å². The molecule has 0 saturated carbocycles. The van der Waals surface area contributed by atoms with Gasteiger partial charge in [-0.1, -0.05) is 25.1 Å². The number of hydrogen-bond acceptors (Lipinski definition) is 5. The Kier molecular flexibility index (Phi) is 10.2. The maximum atomic E-state index is 12.2. The molecule has 0 spiro atoms. The molecule has 1 aliphatic rings. The number of aromatic nitrogens is 1. The van der Waals surface area contributed by atoms with Gasteiger partial charge < -0.3 is 15.1 Å². The zero-order valence-corrected chi connectivity index (χ0v) is 21.2. The first-order valence-corrected chi connectivity index (χ1v) is 12.1. The van der Waals surface area contributed by atoms with Crippen LogP contribution in [0, 0.1) is 0 Å². The summed E-state index contributed by atoms with van der Waals surface area (Å²) in [6.07, 6.45) is 3.79. The number of halogens is 1. The van der Waals surface area contributed by atoms with Crippen LogP contribution in [0.25, 0.3) is 11.5 Å². The number of hydrogen-bond donors (Lipinski definition) is 2. The maximum absolute atomic E-state index is 12.2. The molecule has 0 aliphatic carbocycles. The summed E-state index contributed by atoms with van der Waals surface area (Å²) >= 11 is 0. The zero-order chi connectivity index (χ0) is 21.4. The average Bonchev–Trinajstić information content (AvgIpc) is 3.22. The lowest BCUT2D eigenvalue weighted by Gasteiger charge is -2.32. The molecule has 8 nitrogen and oxygen atoms in total. The summed E-state index contributed by atoms with van der Waals surface area (Å²) < 4.78 is 31.7. The van der Waals surface area contributed by atoms with Gasteiger partial charge in [0.15, 0.2) is 5.96 Å². The van der Waals surface area contributed by atoms with Crippen LogP contribution in [0.2, 0.25) is 0 Å². The van der Waals surface area contributed by atoms with Crippen molar-refractivity contribution in [3.63, 3.8) is 0 Å². The maximum Gasteiger partial charge on any atom is 0.226 e. The molecule has 31 heavy (non-hydrogen) atoms. The van der Waals surface area contributed by atoms with E-state index < -0.39 is 10.0 Å². The summed E-state index contributed by atoms with van der Waals surface area (Å²) in [4.78, 5) is 9.13. The number of piperidine rings is 1. The van der Waals surface area contributed by atoms with Crippen molar-refractivity contribution in [1.29, 1.82) is 0 Å². The Morgan fingerprint density at radius 2 is 1.94 bits per heavy atom. The second-order valence-corrected chi connectivity index (χ2v) is 9.43. The fourth-order valence-electron chi connectivity index (χ4n) is 3.43. The molecule has 3 rings (SSSR count). The highest BCUT2D eigenvalue weighted by Crippen LogP contribution is 2.18. The molecule has 172 valence electrons. The Morgan fingerprint density at radius 1 is 1.23 bits per heavy atom. The Bertz CT molecular complexity index is 926. The molecule has 2 N–H and O–H groups in total. The van der Waals surface area contributed by atoms with Gasteiger partial charge >= 0.3 is 0 Å². The number of guanidine groups is 1. The number of sulfonamides is 1. The first kappa shape index (κ1) is 25.6. The van der Waals surface area contributed by atoms with Crippen LogP contribution in [0.5, 0.6) is 0 Å². The first-order valence-electron chi connectivity index (χ1n) is 10.5. The molecular formula is C21H32IN5O3S. The van der Waals surface area contributed by atoms with E-state index in [4.69, 9.17) is 4.42 Å². The molecule has 0 bridgehead atoms. The predicted octanol–water partition coefficient (Wildman–Crippen LogP) is 3.22. The zero-order valence-electron chi connectivity index (χ0n) is 18.1. The van der Waals surface area contributed by atoms with Gasteiger partial charge in [-0.3, -0.25) is 0 Å². The summed E-state index contributed by atoms with van der Waals surface area (Å²) in [5, 5.41) is 6.68. The summed E-state index contributed by atoms with van der Waals surface area (Å²) in [6.45, 7) is 6.13. The smallest absolute Gasteiger partial charge is 0.226 e. The highest BCUT2D eigenvalue weighted by molar-refractivity contribution is 14.0. The van der Waals surface area contributed by atoms with Gasteiger partial charge in [-0.25, -0.2) is 22.7 Å². The Morgan fingerprint density at radius 3 is 2.58 bits per heavy atom. The molecule has 0 amide bonds. The minimum absolute atomic E-state index is 0. The fraction of sp³-hybridized carbons (Fsp3) is 0.524. The third-order valence-electron chi connectivity index (χ3n) is 4.97. The molecule has 0 radical (unpaired) electrons. The van der Waals surface area contributed by atoms with Crippen LogP contribution < -0.4 is 10.6 Å². The van der Waals surface area contributed by atoms with E-state index in [1.807, 2.05) is 44.2 Å². The first-order chi connectivity index (χ1) is 14.5. The number of aliphatic imine (C=N–C) groups is 1. The Labute approximate surface area is 202 Å². The largest absolute Gasteiger partial charge is 0.444 e. The van der Waals surface area contributed by atoms with Crippen LogP contribution in [0.4, 0.5) is 0 Å². The van der Waals surface area contributed by atoms with E-state index in [0.29, 0.717) is 37.9 Å². The molecule has 0 atom stereocenters. The summed E-state index contributed by atoms with van der Waals surface area (Å²) in [6, 6.07) is 9.95. The van der Waals surface area contributed by atoms with Crippen LogP contribution in [-0.2, 0) is 16.6 Å². The van der Waals surface area contributed by atoms with Crippen molar-refractivity contribution in [3.8, 4) is 11.5 Å². The van der Waals surface area contributed by atoms with Crippen LogP contribution in [0.15, 0.2) is 46.0 Å². The number of oxazole rings is 1. The Balaban J connectivity index is 0.00000341. The molecule has 1 aromatic heterocycles. The topological polar surface area (TPSA) is 99.8 Å². The van der Waals surface area contributed by atoms with Crippen molar-refractivity contribution >= 4 is 40.0 Å². The van der Waals surface area contributed by atoms with Crippen LogP contribution in [-0.4, -0.2) is 55.1 Å². The third kappa shape index (κ3) is 7.46. The summed E-state index contributed by atoms with van der Waals surface area (Å²) in [5.74, 6) is 1.51. The molecule has 0 unspecified atom stereocenters. The van der Waals surface area contributed by atoms with Crippen molar-refractivity contribution in [2.45, 2.75) is 45.7 Å².